The molecule has 3 heteroatoms. The summed E-state index contributed by atoms with van der Waals surface area (Å²) in [4.78, 5) is 2.56. The smallest absolute Gasteiger partial charge is 0.0558 e. The Labute approximate surface area is 118 Å². The number of aliphatic hydroxyl groups is 1. The molecule has 2 aliphatic rings. The fourth-order valence-corrected chi connectivity index (χ4v) is 4.32. The lowest BCUT2D eigenvalue weighted by molar-refractivity contribution is 0.0505. The molecule has 0 bridgehead atoms. The van der Waals surface area contributed by atoms with Crippen LogP contribution in [0.25, 0.3) is 0 Å². The molecule has 1 aliphatic carbocycles. The molecule has 1 aliphatic heterocycles. The van der Waals surface area contributed by atoms with E-state index in [4.69, 9.17) is 0 Å². The monoisotopic (exact) mass is 268 g/mol. The van der Waals surface area contributed by atoms with Gasteiger partial charge in [-0.3, -0.25) is 4.90 Å². The summed E-state index contributed by atoms with van der Waals surface area (Å²) in [6, 6.07) is 1.31. The van der Waals surface area contributed by atoms with Gasteiger partial charge in [0.25, 0.3) is 0 Å². The molecule has 0 aromatic heterocycles. The van der Waals surface area contributed by atoms with Crippen molar-refractivity contribution in [2.45, 2.75) is 65.0 Å². The summed E-state index contributed by atoms with van der Waals surface area (Å²) in [5.41, 5.74) is 0.457. The Morgan fingerprint density at radius 3 is 2.68 bits per heavy atom. The largest absolute Gasteiger partial charge is 0.395 e. The molecule has 0 spiro atoms. The minimum absolute atomic E-state index is 0.290. The molecule has 19 heavy (non-hydrogen) atoms. The van der Waals surface area contributed by atoms with E-state index in [0.29, 0.717) is 17.5 Å². The maximum atomic E-state index is 9.38. The molecule has 0 aromatic carbocycles. The highest BCUT2D eigenvalue weighted by atomic mass is 16.3. The Kier molecular flexibility index (Phi) is 5.27. The van der Waals surface area contributed by atoms with Gasteiger partial charge in [-0.2, -0.15) is 0 Å². The lowest BCUT2D eigenvalue weighted by Gasteiger charge is -2.44. The lowest BCUT2D eigenvalue weighted by Crippen LogP contribution is -2.48. The Morgan fingerprint density at radius 1 is 1.32 bits per heavy atom. The molecule has 3 unspecified atom stereocenters. The molecule has 2 N–H and O–H groups in total. The SMILES string of the molecule is CC1CC(N(CCO)CC2CCCN2)CC(C)(C)C1. The van der Waals surface area contributed by atoms with Gasteiger partial charge in [-0.05, 0) is 50.0 Å². The fourth-order valence-electron chi connectivity index (χ4n) is 4.32. The Bertz CT molecular complexity index is 274. The molecule has 3 nitrogen and oxygen atoms in total. The predicted molar refractivity (Wildman–Crippen MR) is 80.3 cm³/mol. The molecule has 3 atom stereocenters. The van der Waals surface area contributed by atoms with Crippen LogP contribution in [0.1, 0.15) is 52.9 Å². The molecular formula is C16H32N2O. The summed E-state index contributed by atoms with van der Waals surface area (Å²) in [5, 5.41) is 13.0. The van der Waals surface area contributed by atoms with Crippen molar-refractivity contribution in [3.63, 3.8) is 0 Å². The van der Waals surface area contributed by atoms with Crippen LogP contribution in [0, 0.1) is 11.3 Å². The Hall–Kier alpha value is -0.120. The van der Waals surface area contributed by atoms with E-state index in [1.165, 1.54) is 38.6 Å². The van der Waals surface area contributed by atoms with Gasteiger partial charge in [0.05, 0.1) is 6.61 Å². The first kappa shape index (κ1) is 15.3. The van der Waals surface area contributed by atoms with Crippen LogP contribution in [0.15, 0.2) is 0 Å². The van der Waals surface area contributed by atoms with Crippen LogP contribution in [0.5, 0.6) is 0 Å². The molecule has 2 rings (SSSR count). The molecule has 1 saturated heterocycles. The van der Waals surface area contributed by atoms with Crippen molar-refractivity contribution in [2.24, 2.45) is 11.3 Å². The fraction of sp³-hybridized carbons (Fsp3) is 1.00. The van der Waals surface area contributed by atoms with Gasteiger partial charge in [-0.1, -0.05) is 20.8 Å². The quantitative estimate of drug-likeness (QED) is 0.803. The van der Waals surface area contributed by atoms with Crippen molar-refractivity contribution in [2.75, 3.05) is 26.2 Å². The van der Waals surface area contributed by atoms with Gasteiger partial charge in [-0.15, -0.1) is 0 Å². The average molecular weight is 268 g/mol. The topological polar surface area (TPSA) is 35.5 Å². The zero-order valence-corrected chi connectivity index (χ0v) is 13.0. The summed E-state index contributed by atoms with van der Waals surface area (Å²) in [6.07, 6.45) is 6.54. The highest BCUT2D eigenvalue weighted by Gasteiger charge is 2.35. The summed E-state index contributed by atoms with van der Waals surface area (Å²) in [7, 11) is 0. The maximum Gasteiger partial charge on any atom is 0.0558 e. The van der Waals surface area contributed by atoms with Crippen molar-refractivity contribution in [3.05, 3.63) is 0 Å². The van der Waals surface area contributed by atoms with Crippen molar-refractivity contribution in [1.29, 1.82) is 0 Å². The van der Waals surface area contributed by atoms with Crippen molar-refractivity contribution in [3.8, 4) is 0 Å². The molecule has 0 amide bonds. The Morgan fingerprint density at radius 2 is 2.11 bits per heavy atom. The molecular weight excluding hydrogens is 236 g/mol. The molecule has 1 saturated carbocycles. The maximum absolute atomic E-state index is 9.38. The second-order valence-electron chi connectivity index (χ2n) is 7.58. The van der Waals surface area contributed by atoms with Crippen LogP contribution >= 0.6 is 0 Å². The minimum Gasteiger partial charge on any atom is -0.395 e. The number of nitrogens with one attached hydrogen (secondary N) is 1. The van der Waals surface area contributed by atoms with Crippen molar-refractivity contribution < 1.29 is 5.11 Å². The zero-order chi connectivity index (χ0) is 13.9. The van der Waals surface area contributed by atoms with E-state index in [1.807, 2.05) is 0 Å². The number of hydrogen-bond donors (Lipinski definition) is 2. The van der Waals surface area contributed by atoms with Crippen LogP contribution in [0.2, 0.25) is 0 Å². The van der Waals surface area contributed by atoms with Gasteiger partial charge in [0, 0.05) is 25.2 Å². The number of rotatable bonds is 5. The van der Waals surface area contributed by atoms with Gasteiger partial charge in [0.1, 0.15) is 0 Å². The van der Waals surface area contributed by atoms with Crippen molar-refractivity contribution in [1.82, 2.24) is 10.2 Å². The number of hydrogen-bond acceptors (Lipinski definition) is 3. The minimum atomic E-state index is 0.290. The number of aliphatic hydroxyl groups excluding tert-OH is 1. The van der Waals surface area contributed by atoms with E-state index in [0.717, 1.165) is 19.0 Å². The molecule has 2 fully saturated rings. The first-order valence-electron chi connectivity index (χ1n) is 8.08. The van der Waals surface area contributed by atoms with E-state index in [2.05, 4.69) is 31.0 Å². The van der Waals surface area contributed by atoms with Gasteiger partial charge < -0.3 is 10.4 Å². The summed E-state index contributed by atoms with van der Waals surface area (Å²) < 4.78 is 0. The van der Waals surface area contributed by atoms with Gasteiger partial charge in [-0.25, -0.2) is 0 Å². The van der Waals surface area contributed by atoms with Crippen LogP contribution in [-0.4, -0.2) is 48.3 Å². The van der Waals surface area contributed by atoms with E-state index < -0.39 is 0 Å². The van der Waals surface area contributed by atoms with E-state index in [1.54, 1.807) is 0 Å². The first-order chi connectivity index (χ1) is 9.00. The molecule has 1 heterocycles. The lowest BCUT2D eigenvalue weighted by atomic mass is 9.70. The third kappa shape index (κ3) is 4.44. The second kappa shape index (κ2) is 6.55. The third-order valence-corrected chi connectivity index (χ3v) is 4.88. The first-order valence-corrected chi connectivity index (χ1v) is 8.08. The van der Waals surface area contributed by atoms with Crippen LogP contribution < -0.4 is 5.32 Å². The van der Waals surface area contributed by atoms with Gasteiger partial charge >= 0.3 is 0 Å². The van der Waals surface area contributed by atoms with Gasteiger partial charge in [0.15, 0.2) is 0 Å². The normalized spacial score (nSPS) is 34.9. The second-order valence-corrected chi connectivity index (χ2v) is 7.58. The summed E-state index contributed by atoms with van der Waals surface area (Å²) in [5.74, 6) is 0.812. The number of nitrogens with zero attached hydrogens (tertiary/aromatic N) is 1. The molecule has 0 aromatic rings. The van der Waals surface area contributed by atoms with Crippen molar-refractivity contribution >= 4 is 0 Å². The molecule has 112 valence electrons. The molecule has 0 radical (unpaired) electrons. The van der Waals surface area contributed by atoms with E-state index >= 15 is 0 Å². The summed E-state index contributed by atoms with van der Waals surface area (Å²) >= 11 is 0. The van der Waals surface area contributed by atoms with Crippen LogP contribution in [0.4, 0.5) is 0 Å². The third-order valence-electron chi connectivity index (χ3n) is 4.88. The van der Waals surface area contributed by atoms with E-state index in [9.17, 15) is 5.11 Å². The van der Waals surface area contributed by atoms with E-state index in [-0.39, 0.29) is 6.61 Å². The average Bonchev–Trinajstić information content (AvgIpc) is 2.78. The van der Waals surface area contributed by atoms with Crippen LogP contribution in [0.3, 0.4) is 0 Å². The highest BCUT2D eigenvalue weighted by molar-refractivity contribution is 4.90. The predicted octanol–water partition coefficient (Wildman–Crippen LogP) is 2.25. The Balaban J connectivity index is 1.96. The standard InChI is InChI=1S/C16H32N2O/c1-13-9-15(11-16(2,3)10-13)18(7-8-19)12-14-5-4-6-17-14/h13-15,17,19H,4-12H2,1-3H3. The van der Waals surface area contributed by atoms with Gasteiger partial charge in [0.2, 0.25) is 0 Å². The zero-order valence-electron chi connectivity index (χ0n) is 13.0. The van der Waals surface area contributed by atoms with Crippen LogP contribution in [-0.2, 0) is 0 Å². The highest BCUT2D eigenvalue weighted by Crippen LogP contribution is 2.40. The summed E-state index contributed by atoms with van der Waals surface area (Å²) in [6.45, 7) is 10.6.